The minimum absolute atomic E-state index is 0.486. The van der Waals surface area contributed by atoms with Gasteiger partial charge in [0.15, 0.2) is 5.96 Å². The number of aryl methyl sites for hydroxylation is 2. The fourth-order valence-corrected chi connectivity index (χ4v) is 2.37. The zero-order valence-corrected chi connectivity index (χ0v) is 14.8. The molecule has 0 aliphatic heterocycles. The molecule has 0 amide bonds. The number of ether oxygens (including phenoxy) is 1. The Kier molecular flexibility index (Phi) is 6.60. The van der Waals surface area contributed by atoms with Crippen LogP contribution in [0.15, 0.2) is 29.5 Å². The van der Waals surface area contributed by atoms with Crippen LogP contribution in [-0.4, -0.2) is 40.9 Å². The van der Waals surface area contributed by atoms with E-state index < -0.39 is 0 Å². The second-order valence-corrected chi connectivity index (χ2v) is 5.49. The summed E-state index contributed by atoms with van der Waals surface area (Å²) < 4.78 is 7.15. The van der Waals surface area contributed by atoms with Gasteiger partial charge < -0.3 is 15.4 Å². The van der Waals surface area contributed by atoms with E-state index in [-0.39, 0.29) is 0 Å². The zero-order chi connectivity index (χ0) is 17.4. The van der Waals surface area contributed by atoms with Crippen LogP contribution in [0.2, 0.25) is 0 Å². The summed E-state index contributed by atoms with van der Waals surface area (Å²) in [5.74, 6) is 2.52. The van der Waals surface area contributed by atoms with E-state index in [9.17, 15) is 0 Å². The third kappa shape index (κ3) is 4.97. The van der Waals surface area contributed by atoms with E-state index in [2.05, 4.69) is 44.8 Å². The Morgan fingerprint density at radius 3 is 2.83 bits per heavy atom. The fourth-order valence-electron chi connectivity index (χ4n) is 2.37. The topological polar surface area (TPSA) is 76.4 Å². The number of guanidine groups is 1. The number of aliphatic imine (C=N–C) groups is 1. The lowest BCUT2D eigenvalue weighted by Crippen LogP contribution is -2.38. The van der Waals surface area contributed by atoms with Crippen molar-refractivity contribution in [1.29, 1.82) is 0 Å². The van der Waals surface area contributed by atoms with Crippen molar-refractivity contribution in [2.45, 2.75) is 26.8 Å². The monoisotopic (exact) mass is 330 g/mol. The maximum Gasteiger partial charge on any atom is 0.191 e. The second kappa shape index (κ2) is 8.90. The van der Waals surface area contributed by atoms with Crippen LogP contribution in [0.1, 0.15) is 23.9 Å². The molecule has 0 spiro atoms. The highest BCUT2D eigenvalue weighted by atomic mass is 16.5. The van der Waals surface area contributed by atoms with Gasteiger partial charge in [0.25, 0.3) is 0 Å². The predicted molar refractivity (Wildman–Crippen MR) is 95.3 cm³/mol. The summed E-state index contributed by atoms with van der Waals surface area (Å²) in [6, 6.07) is 6.23. The Morgan fingerprint density at radius 2 is 2.17 bits per heavy atom. The molecule has 0 fully saturated rings. The van der Waals surface area contributed by atoms with Crippen molar-refractivity contribution in [2.75, 3.05) is 20.2 Å². The van der Waals surface area contributed by atoms with Gasteiger partial charge in [-0.05, 0) is 31.9 Å². The van der Waals surface area contributed by atoms with Gasteiger partial charge >= 0.3 is 0 Å². The van der Waals surface area contributed by atoms with Gasteiger partial charge in [-0.2, -0.15) is 5.10 Å². The predicted octanol–water partition coefficient (Wildman–Crippen LogP) is 1.43. The highest BCUT2D eigenvalue weighted by Crippen LogP contribution is 2.19. The molecule has 0 unspecified atom stereocenters. The zero-order valence-electron chi connectivity index (χ0n) is 14.8. The van der Waals surface area contributed by atoms with E-state index in [4.69, 9.17) is 4.74 Å². The first-order valence-corrected chi connectivity index (χ1v) is 8.12. The van der Waals surface area contributed by atoms with Gasteiger partial charge in [-0.25, -0.2) is 9.98 Å². The minimum atomic E-state index is 0.486. The normalized spacial score (nSPS) is 11.4. The van der Waals surface area contributed by atoms with Crippen molar-refractivity contribution >= 4 is 5.96 Å². The molecule has 2 N–H and O–H groups in total. The molecule has 0 atom stereocenters. The number of rotatable bonds is 7. The highest BCUT2D eigenvalue weighted by molar-refractivity contribution is 5.79. The first-order valence-electron chi connectivity index (χ1n) is 8.12. The molecule has 1 heterocycles. The van der Waals surface area contributed by atoms with Gasteiger partial charge in [-0.1, -0.05) is 17.7 Å². The molecular weight excluding hydrogens is 304 g/mol. The fraction of sp³-hybridized carbons (Fsp3) is 0.471. The summed E-state index contributed by atoms with van der Waals surface area (Å²) >= 11 is 0. The van der Waals surface area contributed by atoms with Gasteiger partial charge in [-0.15, -0.1) is 0 Å². The quantitative estimate of drug-likeness (QED) is 0.593. The third-order valence-corrected chi connectivity index (χ3v) is 3.65. The molecule has 0 saturated carbocycles. The maximum absolute atomic E-state index is 5.42. The third-order valence-electron chi connectivity index (χ3n) is 3.65. The SMILES string of the molecule is CCNC(=NCc1ncnn1C)NCCc1cc(C)ccc1OC. The van der Waals surface area contributed by atoms with E-state index in [1.165, 1.54) is 17.5 Å². The number of nitrogens with zero attached hydrogens (tertiary/aromatic N) is 4. The molecular formula is C17H26N6O. The van der Waals surface area contributed by atoms with Crippen molar-refractivity contribution in [3.05, 3.63) is 41.5 Å². The number of nitrogens with one attached hydrogen (secondary N) is 2. The standard InChI is InChI=1S/C17H26N6O/c1-5-18-17(20-11-16-21-12-22-23(16)3)19-9-8-14-10-13(2)6-7-15(14)24-4/h6-7,10,12H,5,8-9,11H2,1-4H3,(H2,18,19,20). The molecule has 24 heavy (non-hydrogen) atoms. The van der Waals surface area contributed by atoms with E-state index in [0.29, 0.717) is 6.54 Å². The van der Waals surface area contributed by atoms with Gasteiger partial charge in [0.1, 0.15) is 24.4 Å². The molecule has 0 aliphatic rings. The Morgan fingerprint density at radius 1 is 1.33 bits per heavy atom. The van der Waals surface area contributed by atoms with Gasteiger partial charge in [-0.3, -0.25) is 4.68 Å². The molecule has 2 aromatic rings. The molecule has 0 aliphatic carbocycles. The number of hydrogen-bond acceptors (Lipinski definition) is 4. The van der Waals surface area contributed by atoms with Crippen molar-refractivity contribution in [3.8, 4) is 5.75 Å². The molecule has 130 valence electrons. The molecule has 1 aromatic carbocycles. The maximum atomic E-state index is 5.42. The lowest BCUT2D eigenvalue weighted by Gasteiger charge is -2.13. The molecule has 1 aromatic heterocycles. The average molecular weight is 330 g/mol. The van der Waals surface area contributed by atoms with Crippen LogP contribution >= 0.6 is 0 Å². The number of aromatic nitrogens is 3. The van der Waals surface area contributed by atoms with Crippen LogP contribution in [0.5, 0.6) is 5.75 Å². The number of hydrogen-bond donors (Lipinski definition) is 2. The first-order chi connectivity index (χ1) is 11.6. The smallest absolute Gasteiger partial charge is 0.191 e. The average Bonchev–Trinajstić information content (AvgIpc) is 2.98. The first kappa shape index (κ1) is 17.8. The van der Waals surface area contributed by atoms with E-state index in [1.807, 2.05) is 20.0 Å². The van der Waals surface area contributed by atoms with Gasteiger partial charge in [0.05, 0.1) is 7.11 Å². The minimum Gasteiger partial charge on any atom is -0.496 e. The Labute approximate surface area is 143 Å². The van der Waals surface area contributed by atoms with Crippen LogP contribution in [0, 0.1) is 6.92 Å². The van der Waals surface area contributed by atoms with E-state index in [0.717, 1.165) is 37.0 Å². The summed E-state index contributed by atoms with van der Waals surface area (Å²) in [5.41, 5.74) is 2.42. The summed E-state index contributed by atoms with van der Waals surface area (Å²) in [6.45, 7) is 6.19. The van der Waals surface area contributed by atoms with Crippen molar-refractivity contribution in [1.82, 2.24) is 25.4 Å². The Balaban J connectivity index is 1.94. The molecule has 7 nitrogen and oxygen atoms in total. The molecule has 7 heteroatoms. The summed E-state index contributed by atoms with van der Waals surface area (Å²) in [6.07, 6.45) is 2.40. The molecule has 0 bridgehead atoms. The van der Waals surface area contributed by atoms with Gasteiger partial charge in [0, 0.05) is 20.1 Å². The molecule has 2 rings (SSSR count). The largest absolute Gasteiger partial charge is 0.496 e. The molecule has 0 saturated heterocycles. The van der Waals surface area contributed by atoms with Crippen molar-refractivity contribution in [2.24, 2.45) is 12.0 Å². The Bertz CT molecular complexity index is 679. The Hall–Kier alpha value is -2.57. The lowest BCUT2D eigenvalue weighted by atomic mass is 10.1. The van der Waals surface area contributed by atoms with Crippen LogP contribution in [-0.2, 0) is 20.0 Å². The van der Waals surface area contributed by atoms with Gasteiger partial charge in [0.2, 0.25) is 0 Å². The highest BCUT2D eigenvalue weighted by Gasteiger charge is 2.05. The van der Waals surface area contributed by atoms with Crippen LogP contribution in [0.4, 0.5) is 0 Å². The number of methoxy groups -OCH3 is 1. The summed E-state index contributed by atoms with van der Waals surface area (Å²) in [4.78, 5) is 8.73. The summed E-state index contributed by atoms with van der Waals surface area (Å²) in [7, 11) is 3.57. The number of benzene rings is 1. The molecule has 0 radical (unpaired) electrons. The lowest BCUT2D eigenvalue weighted by molar-refractivity contribution is 0.409. The van der Waals surface area contributed by atoms with Crippen LogP contribution in [0.25, 0.3) is 0 Å². The van der Waals surface area contributed by atoms with Crippen molar-refractivity contribution in [3.63, 3.8) is 0 Å². The van der Waals surface area contributed by atoms with Crippen LogP contribution < -0.4 is 15.4 Å². The van der Waals surface area contributed by atoms with Crippen molar-refractivity contribution < 1.29 is 4.74 Å². The van der Waals surface area contributed by atoms with E-state index in [1.54, 1.807) is 11.8 Å². The van der Waals surface area contributed by atoms with E-state index >= 15 is 0 Å². The van der Waals surface area contributed by atoms with Crippen LogP contribution in [0.3, 0.4) is 0 Å². The second-order valence-electron chi connectivity index (χ2n) is 5.49. The summed E-state index contributed by atoms with van der Waals surface area (Å²) in [5, 5.41) is 10.6.